The molecule has 0 spiro atoms. The highest BCUT2D eigenvalue weighted by atomic mass is 17.1. The molecule has 0 unspecified atom stereocenters. The predicted octanol–water partition coefficient (Wildman–Crippen LogP) is -0.696. The zero-order chi connectivity index (χ0) is 8.83. The summed E-state index contributed by atoms with van der Waals surface area (Å²) in [6, 6.07) is 0. The van der Waals surface area contributed by atoms with E-state index in [0.717, 1.165) is 0 Å². The lowest BCUT2D eigenvalue weighted by atomic mass is 11.3. The maximum absolute atomic E-state index is 8.70. The van der Waals surface area contributed by atoms with Crippen LogP contribution in [0.4, 0.5) is 0 Å². The minimum Gasteiger partial charge on any atom is -0.323 e. The summed E-state index contributed by atoms with van der Waals surface area (Å²) in [5.41, 5.74) is 0. The molecule has 5 nitrogen and oxygen atoms in total. The van der Waals surface area contributed by atoms with Crippen molar-refractivity contribution in [3.05, 3.63) is 0 Å². The van der Waals surface area contributed by atoms with Gasteiger partial charge in [0.05, 0.1) is 0 Å². The number of carbonyl (C=O) groups excluding carboxylic acids is 1. The van der Waals surface area contributed by atoms with Crippen molar-refractivity contribution in [1.29, 1.82) is 0 Å². The molecule has 0 saturated carbocycles. The van der Waals surface area contributed by atoms with Crippen LogP contribution in [0.25, 0.3) is 0 Å². The molecule has 5 heteroatoms. The maximum Gasteiger partial charge on any atom is 0.330 e. The molecule has 0 aliphatic heterocycles. The number of hydrogen-bond acceptors (Lipinski definition) is 5. The van der Waals surface area contributed by atoms with Gasteiger partial charge in [-0.05, 0) is 28.2 Å². The first-order valence-corrected chi connectivity index (χ1v) is 2.65. The normalized spacial score (nSPS) is 5.70. The maximum atomic E-state index is 8.70. The Morgan fingerprint density at radius 3 is 1.30 bits per heavy atom. The lowest BCUT2D eigenvalue weighted by Crippen LogP contribution is -1.89. The third kappa shape index (κ3) is 2420. The summed E-state index contributed by atoms with van der Waals surface area (Å²) >= 11 is 0. The van der Waals surface area contributed by atoms with Crippen LogP contribution < -0.4 is 10.6 Å². The van der Waals surface area contributed by atoms with Gasteiger partial charge in [0.2, 0.25) is 0 Å². The van der Waals surface area contributed by atoms with Gasteiger partial charge in [-0.1, -0.05) is 0 Å². The minimum atomic E-state index is -0.0694. The molecule has 0 radical (unpaired) electrons. The summed E-state index contributed by atoms with van der Waals surface area (Å²) in [6.07, 6.45) is 0. The standard InChI is InChI=1S/2C2H7N.CH2O3/c2*1-3-2;2-1-4-3/h2*3H,1-2H3;1,3H. The van der Waals surface area contributed by atoms with Crippen LogP contribution in [-0.2, 0) is 9.68 Å². The number of hydrogen-bond donors (Lipinski definition) is 3. The molecule has 0 aliphatic rings. The SMILES string of the molecule is CNC.CNC.O=COO. The first kappa shape index (κ1) is 16.2. The Balaban J connectivity index is -0.0000000750. The zero-order valence-corrected chi connectivity index (χ0v) is 6.84. The van der Waals surface area contributed by atoms with Gasteiger partial charge in [0.1, 0.15) is 0 Å². The quantitative estimate of drug-likeness (QED) is 0.263. The van der Waals surface area contributed by atoms with Crippen molar-refractivity contribution in [3.63, 3.8) is 0 Å². The predicted molar refractivity (Wildman–Crippen MR) is 39.7 cm³/mol. The van der Waals surface area contributed by atoms with Crippen molar-refractivity contribution >= 4 is 6.47 Å². The molecule has 64 valence electrons. The molecule has 0 fully saturated rings. The second-order valence-electron chi connectivity index (χ2n) is 1.20. The van der Waals surface area contributed by atoms with E-state index in [4.69, 9.17) is 10.1 Å². The number of nitrogens with one attached hydrogen (secondary N) is 2. The molecule has 0 aromatic heterocycles. The third-order valence-corrected chi connectivity index (χ3v) is 0.0430. The van der Waals surface area contributed by atoms with Crippen LogP contribution in [0.15, 0.2) is 0 Å². The summed E-state index contributed by atoms with van der Waals surface area (Å²) < 4.78 is 0. The summed E-state index contributed by atoms with van der Waals surface area (Å²) in [5, 5.41) is 12.5. The zero-order valence-electron chi connectivity index (χ0n) is 6.84. The monoisotopic (exact) mass is 152 g/mol. The molecule has 0 atom stereocenters. The first-order valence-electron chi connectivity index (χ1n) is 2.65. The summed E-state index contributed by atoms with van der Waals surface area (Å²) in [7, 11) is 7.50. The molecule has 0 aliphatic carbocycles. The van der Waals surface area contributed by atoms with Crippen molar-refractivity contribution < 1.29 is 14.9 Å². The molecule has 0 rings (SSSR count). The van der Waals surface area contributed by atoms with Gasteiger partial charge in [0, 0.05) is 0 Å². The van der Waals surface area contributed by atoms with Crippen LogP contribution in [0.2, 0.25) is 0 Å². The Morgan fingerprint density at radius 1 is 1.20 bits per heavy atom. The van der Waals surface area contributed by atoms with Crippen LogP contribution in [0.3, 0.4) is 0 Å². The van der Waals surface area contributed by atoms with E-state index in [1.807, 2.05) is 28.2 Å². The molecular weight excluding hydrogens is 136 g/mol. The van der Waals surface area contributed by atoms with Crippen LogP contribution in [0, 0.1) is 0 Å². The second kappa shape index (κ2) is 40.2. The molecule has 3 N–H and O–H groups in total. The summed E-state index contributed by atoms with van der Waals surface area (Å²) in [6.45, 7) is -0.0694. The van der Waals surface area contributed by atoms with E-state index in [1.54, 1.807) is 0 Å². The molecule has 0 bridgehead atoms. The molecule has 10 heavy (non-hydrogen) atoms. The van der Waals surface area contributed by atoms with Gasteiger partial charge in [-0.3, -0.25) is 4.79 Å². The molecule has 0 amide bonds. The Hall–Kier alpha value is -0.650. The highest BCUT2D eigenvalue weighted by Crippen LogP contribution is 1.33. The van der Waals surface area contributed by atoms with Gasteiger partial charge in [-0.15, -0.1) is 0 Å². The van der Waals surface area contributed by atoms with E-state index in [0.29, 0.717) is 0 Å². The Kier molecular flexibility index (Phi) is 65.0. The highest BCUT2D eigenvalue weighted by Gasteiger charge is 1.47. The molecule has 0 saturated heterocycles. The van der Waals surface area contributed by atoms with E-state index >= 15 is 0 Å². The smallest absolute Gasteiger partial charge is 0.323 e. The van der Waals surface area contributed by atoms with Crippen LogP contribution >= 0.6 is 0 Å². The number of rotatable bonds is 1. The average molecular weight is 152 g/mol. The molecule has 0 aromatic carbocycles. The van der Waals surface area contributed by atoms with Crippen LogP contribution in [0.5, 0.6) is 0 Å². The highest BCUT2D eigenvalue weighted by molar-refractivity contribution is 5.35. The molecular formula is C5H16N2O3. The lowest BCUT2D eigenvalue weighted by molar-refractivity contribution is -0.217. The van der Waals surface area contributed by atoms with Gasteiger partial charge in [-0.2, -0.15) is 0 Å². The summed E-state index contributed by atoms with van der Waals surface area (Å²) in [5.74, 6) is 0. The van der Waals surface area contributed by atoms with E-state index in [9.17, 15) is 0 Å². The summed E-state index contributed by atoms with van der Waals surface area (Å²) in [4.78, 5) is 11.6. The van der Waals surface area contributed by atoms with Gasteiger partial charge >= 0.3 is 6.47 Å². The van der Waals surface area contributed by atoms with Crippen molar-refractivity contribution in [2.24, 2.45) is 0 Å². The van der Waals surface area contributed by atoms with Crippen molar-refractivity contribution in [2.45, 2.75) is 0 Å². The van der Waals surface area contributed by atoms with Crippen LogP contribution in [0.1, 0.15) is 0 Å². The van der Waals surface area contributed by atoms with Crippen LogP contribution in [-0.4, -0.2) is 39.9 Å². The Labute approximate surface area is 61.3 Å². The fraction of sp³-hybridized carbons (Fsp3) is 0.800. The number of carbonyl (C=O) groups is 1. The Morgan fingerprint density at radius 2 is 1.30 bits per heavy atom. The molecule has 0 aromatic rings. The van der Waals surface area contributed by atoms with E-state index in [2.05, 4.69) is 15.5 Å². The average Bonchev–Trinajstić information content (AvgIpc) is 1.91. The van der Waals surface area contributed by atoms with Gasteiger partial charge in [-0.25, -0.2) is 5.26 Å². The second-order valence-corrected chi connectivity index (χ2v) is 1.20. The van der Waals surface area contributed by atoms with E-state index in [-0.39, 0.29) is 6.47 Å². The van der Waals surface area contributed by atoms with Gasteiger partial charge in [0.25, 0.3) is 0 Å². The first-order chi connectivity index (χ1) is 4.74. The Bertz CT molecular complexity index is 41.9. The third-order valence-electron chi connectivity index (χ3n) is 0.0430. The molecule has 0 heterocycles. The van der Waals surface area contributed by atoms with Crippen molar-refractivity contribution in [1.82, 2.24) is 10.6 Å². The largest absolute Gasteiger partial charge is 0.330 e. The fourth-order valence-corrected chi connectivity index (χ4v) is 0. The van der Waals surface area contributed by atoms with E-state index in [1.165, 1.54) is 0 Å². The fourth-order valence-electron chi connectivity index (χ4n) is 0. The van der Waals surface area contributed by atoms with Crippen molar-refractivity contribution in [2.75, 3.05) is 28.2 Å². The topological polar surface area (TPSA) is 70.6 Å². The van der Waals surface area contributed by atoms with Crippen molar-refractivity contribution in [3.8, 4) is 0 Å². The minimum absolute atomic E-state index is 0.0694. The van der Waals surface area contributed by atoms with Gasteiger partial charge in [0.15, 0.2) is 0 Å². The van der Waals surface area contributed by atoms with Gasteiger partial charge < -0.3 is 15.5 Å². The van der Waals surface area contributed by atoms with E-state index < -0.39 is 0 Å². The lowest BCUT2D eigenvalue weighted by Gasteiger charge is -1.63.